The van der Waals surface area contributed by atoms with Crippen molar-refractivity contribution in [3.8, 4) is 0 Å². The van der Waals surface area contributed by atoms with E-state index in [0.717, 1.165) is 35.5 Å². The number of amides is 2. The second-order valence-electron chi connectivity index (χ2n) is 7.62. The molecule has 2 amide bonds. The summed E-state index contributed by atoms with van der Waals surface area (Å²) in [5.74, 6) is -0.494. The van der Waals surface area contributed by atoms with Crippen molar-refractivity contribution in [2.75, 3.05) is 38.2 Å². The normalized spacial score (nSPS) is 19.8. The molecule has 2 aliphatic rings. The predicted molar refractivity (Wildman–Crippen MR) is 122 cm³/mol. The summed E-state index contributed by atoms with van der Waals surface area (Å²) in [6.45, 7) is 1.24. The summed E-state index contributed by atoms with van der Waals surface area (Å²) >= 11 is 8.17. The average Bonchev–Trinajstić information content (AvgIpc) is 3.45. The molecule has 0 bridgehead atoms. The summed E-state index contributed by atoms with van der Waals surface area (Å²) in [6, 6.07) is 2.46. The van der Waals surface area contributed by atoms with Crippen molar-refractivity contribution in [3.63, 3.8) is 0 Å². The number of piperazine rings is 1. The molecule has 2 aromatic rings. The molecule has 2 saturated heterocycles. The van der Waals surface area contributed by atoms with Crippen LogP contribution in [0.1, 0.15) is 19.3 Å². The SMILES string of the molecule is O=C(Nc1ncc(Cl)s1)[C@@H](CC1CCOCC1)N1CCN(S(=O)(=O)c2cccs2)CC1=O. The molecule has 2 fully saturated rings. The lowest BCUT2D eigenvalue weighted by atomic mass is 9.91. The highest BCUT2D eigenvalue weighted by Crippen LogP contribution is 2.28. The van der Waals surface area contributed by atoms with Gasteiger partial charge in [0.25, 0.3) is 10.0 Å². The van der Waals surface area contributed by atoms with Crippen molar-refractivity contribution < 1.29 is 22.7 Å². The zero-order valence-corrected chi connectivity index (χ0v) is 20.3. The summed E-state index contributed by atoms with van der Waals surface area (Å²) in [6.07, 6.45) is 3.56. The van der Waals surface area contributed by atoms with Gasteiger partial charge in [-0.25, -0.2) is 13.4 Å². The van der Waals surface area contributed by atoms with Crippen LogP contribution in [-0.4, -0.2) is 73.3 Å². The Kier molecular flexibility index (Phi) is 7.47. The van der Waals surface area contributed by atoms with E-state index in [1.165, 1.54) is 21.5 Å². The molecule has 0 unspecified atom stereocenters. The fourth-order valence-corrected chi connectivity index (χ4v) is 7.25. The first-order valence-electron chi connectivity index (χ1n) is 10.2. The first-order valence-corrected chi connectivity index (χ1v) is 13.7. The van der Waals surface area contributed by atoms with Crippen LogP contribution in [0.15, 0.2) is 27.9 Å². The van der Waals surface area contributed by atoms with Crippen LogP contribution < -0.4 is 5.32 Å². The number of aromatic nitrogens is 1. The number of halogens is 1. The molecule has 1 atom stereocenters. The summed E-state index contributed by atoms with van der Waals surface area (Å²) in [5, 5.41) is 4.81. The van der Waals surface area contributed by atoms with Gasteiger partial charge in [-0.1, -0.05) is 29.0 Å². The van der Waals surface area contributed by atoms with Crippen molar-refractivity contribution in [1.82, 2.24) is 14.2 Å². The number of hydrogen-bond donors (Lipinski definition) is 1. The highest BCUT2D eigenvalue weighted by Gasteiger charge is 2.39. The molecule has 13 heteroatoms. The molecule has 2 aromatic heterocycles. The second-order valence-corrected chi connectivity index (χ2v) is 12.4. The predicted octanol–water partition coefficient (Wildman–Crippen LogP) is 2.51. The summed E-state index contributed by atoms with van der Waals surface area (Å²) in [4.78, 5) is 31.8. The number of thiazole rings is 1. The molecule has 1 N–H and O–H groups in total. The van der Waals surface area contributed by atoms with E-state index in [-0.39, 0.29) is 41.6 Å². The van der Waals surface area contributed by atoms with Crippen molar-refractivity contribution >= 4 is 61.2 Å². The van der Waals surface area contributed by atoms with E-state index >= 15 is 0 Å². The highest BCUT2D eigenvalue weighted by molar-refractivity contribution is 7.91. The number of anilines is 1. The minimum absolute atomic E-state index is 0.132. The zero-order chi connectivity index (χ0) is 22.7. The van der Waals surface area contributed by atoms with Gasteiger partial charge in [-0.2, -0.15) is 4.31 Å². The van der Waals surface area contributed by atoms with Crippen LogP contribution in [0.2, 0.25) is 4.34 Å². The van der Waals surface area contributed by atoms with Gasteiger partial charge in [0.15, 0.2) is 5.13 Å². The largest absolute Gasteiger partial charge is 0.381 e. The minimum atomic E-state index is -3.73. The molecule has 0 saturated carbocycles. The maximum Gasteiger partial charge on any atom is 0.253 e. The molecule has 4 heterocycles. The lowest BCUT2D eigenvalue weighted by Crippen LogP contribution is -2.58. The first kappa shape index (κ1) is 23.6. The van der Waals surface area contributed by atoms with Crippen LogP contribution in [0.5, 0.6) is 0 Å². The third-order valence-electron chi connectivity index (χ3n) is 5.60. The molecule has 0 aliphatic carbocycles. The van der Waals surface area contributed by atoms with E-state index in [0.29, 0.717) is 29.1 Å². The maximum atomic E-state index is 13.2. The Bertz CT molecular complexity index is 1050. The lowest BCUT2D eigenvalue weighted by molar-refractivity contribution is -0.142. The number of thiophene rings is 1. The van der Waals surface area contributed by atoms with Gasteiger partial charge in [-0.15, -0.1) is 11.3 Å². The highest BCUT2D eigenvalue weighted by atomic mass is 35.5. The lowest BCUT2D eigenvalue weighted by Gasteiger charge is -2.39. The first-order chi connectivity index (χ1) is 15.3. The third-order valence-corrected chi connectivity index (χ3v) is 9.84. The molecule has 32 heavy (non-hydrogen) atoms. The number of ether oxygens (including phenoxy) is 1. The fourth-order valence-electron chi connectivity index (χ4n) is 3.91. The Morgan fingerprint density at radius 1 is 1.34 bits per heavy atom. The van der Waals surface area contributed by atoms with Gasteiger partial charge in [0.2, 0.25) is 11.8 Å². The molecular weight excluding hydrogens is 496 g/mol. The Morgan fingerprint density at radius 2 is 2.12 bits per heavy atom. The van der Waals surface area contributed by atoms with Crippen LogP contribution >= 0.6 is 34.3 Å². The van der Waals surface area contributed by atoms with Crippen LogP contribution in [0.4, 0.5) is 5.13 Å². The molecule has 0 radical (unpaired) electrons. The summed E-state index contributed by atoms with van der Waals surface area (Å²) < 4.78 is 32.9. The van der Waals surface area contributed by atoms with Gasteiger partial charge in [0, 0.05) is 26.3 Å². The quantitative estimate of drug-likeness (QED) is 0.603. The molecular formula is C19H23ClN4O5S3. The Morgan fingerprint density at radius 3 is 2.75 bits per heavy atom. The molecule has 174 valence electrons. The van der Waals surface area contributed by atoms with E-state index in [4.69, 9.17) is 16.3 Å². The van der Waals surface area contributed by atoms with Gasteiger partial charge in [0.05, 0.1) is 12.7 Å². The van der Waals surface area contributed by atoms with Crippen LogP contribution in [0.25, 0.3) is 0 Å². The van der Waals surface area contributed by atoms with E-state index in [1.807, 2.05) is 0 Å². The topological polar surface area (TPSA) is 109 Å². The minimum Gasteiger partial charge on any atom is -0.381 e. The Hall–Kier alpha value is -1.57. The summed E-state index contributed by atoms with van der Waals surface area (Å²) in [5.41, 5.74) is 0. The number of sulfonamides is 1. The molecule has 2 aliphatic heterocycles. The van der Waals surface area contributed by atoms with Crippen LogP contribution in [0.3, 0.4) is 0 Å². The zero-order valence-electron chi connectivity index (χ0n) is 17.1. The Balaban J connectivity index is 1.50. The number of rotatable bonds is 7. The molecule has 0 aromatic carbocycles. The van der Waals surface area contributed by atoms with Gasteiger partial charge in [-0.3, -0.25) is 9.59 Å². The number of nitrogens with one attached hydrogen (secondary N) is 1. The number of nitrogens with zero attached hydrogens (tertiary/aromatic N) is 3. The second kappa shape index (κ2) is 10.1. The van der Waals surface area contributed by atoms with Crippen molar-refractivity contribution in [3.05, 3.63) is 28.0 Å². The average molecular weight is 519 g/mol. The molecule has 0 spiro atoms. The summed E-state index contributed by atoms with van der Waals surface area (Å²) in [7, 11) is -3.73. The van der Waals surface area contributed by atoms with Crippen molar-refractivity contribution in [2.24, 2.45) is 5.92 Å². The van der Waals surface area contributed by atoms with E-state index in [9.17, 15) is 18.0 Å². The Labute approximate surface area is 199 Å². The van der Waals surface area contributed by atoms with Gasteiger partial charge in [-0.05, 0) is 36.6 Å². The van der Waals surface area contributed by atoms with Crippen LogP contribution in [0, 0.1) is 5.92 Å². The van der Waals surface area contributed by atoms with Crippen molar-refractivity contribution in [1.29, 1.82) is 0 Å². The number of hydrogen-bond acceptors (Lipinski definition) is 8. The smallest absolute Gasteiger partial charge is 0.253 e. The number of carbonyl (C=O) groups excluding carboxylic acids is 2. The third kappa shape index (κ3) is 5.32. The van der Waals surface area contributed by atoms with Crippen molar-refractivity contribution in [2.45, 2.75) is 29.5 Å². The van der Waals surface area contributed by atoms with E-state index in [1.54, 1.807) is 11.4 Å². The van der Waals surface area contributed by atoms with E-state index in [2.05, 4.69) is 10.3 Å². The fraction of sp³-hybridized carbons (Fsp3) is 0.526. The van der Waals surface area contributed by atoms with E-state index < -0.39 is 16.1 Å². The van der Waals surface area contributed by atoms with Gasteiger partial charge in [0.1, 0.15) is 14.6 Å². The monoisotopic (exact) mass is 518 g/mol. The number of carbonyl (C=O) groups is 2. The molecule has 4 rings (SSSR count). The maximum absolute atomic E-state index is 13.2. The van der Waals surface area contributed by atoms with Crippen LogP contribution in [-0.2, 0) is 24.3 Å². The van der Waals surface area contributed by atoms with Gasteiger partial charge < -0.3 is 15.0 Å². The van der Waals surface area contributed by atoms with Gasteiger partial charge >= 0.3 is 0 Å². The standard InChI is InChI=1S/C19H23ClN4O5S3/c20-15-11-21-19(31-15)22-18(26)14(10-13-3-7-29-8-4-13)24-6-5-23(12-16(24)25)32(27,28)17-2-1-9-30-17/h1-2,9,11,13-14H,3-8,10,12H2,(H,21,22,26)/t14-/m1/s1. The molecule has 9 nitrogen and oxygen atoms in total.